The highest BCUT2D eigenvalue weighted by Crippen LogP contribution is 2.00. The van der Waals surface area contributed by atoms with Gasteiger partial charge in [0, 0.05) is 6.42 Å². The van der Waals surface area contributed by atoms with E-state index in [1.165, 1.54) is 0 Å². The summed E-state index contributed by atoms with van der Waals surface area (Å²) in [6.45, 7) is 11.0. The van der Waals surface area contributed by atoms with Crippen molar-refractivity contribution < 1.29 is 81.1 Å². The molecule has 0 saturated carbocycles. The third kappa shape index (κ3) is 36.1. The summed E-state index contributed by atoms with van der Waals surface area (Å²) in [5.74, 6) is -3.24. The molecule has 17 nitrogen and oxygen atoms in total. The van der Waals surface area contributed by atoms with Gasteiger partial charge in [-0.05, 0) is 5.56 Å². The lowest BCUT2D eigenvalue weighted by Crippen LogP contribution is -2.17. The zero-order valence-electron chi connectivity index (χ0n) is 31.0. The number of carbonyl (C=O) groups is 3. The molecule has 0 heterocycles. The summed E-state index contributed by atoms with van der Waals surface area (Å²) >= 11 is 0. The lowest BCUT2D eigenvalue weighted by atomic mass is 10.2. The second-order valence-corrected chi connectivity index (χ2v) is 10.7. The molecule has 0 radical (unpaired) electrons. The number of carbonyl (C=O) groups excluding carboxylic acids is 2. The fourth-order valence-corrected chi connectivity index (χ4v) is 3.79. The second-order valence-electron chi connectivity index (χ2n) is 10.7. The van der Waals surface area contributed by atoms with Crippen molar-refractivity contribution in [1.82, 2.24) is 0 Å². The van der Waals surface area contributed by atoms with Gasteiger partial charge in [-0.15, -0.1) is 0 Å². The number of Topliss-reactive ketones (excluding diaryl/α,β-unsaturated/α-hetero) is 1. The van der Waals surface area contributed by atoms with Crippen molar-refractivity contribution in [3.05, 3.63) is 35.9 Å². The number of ketones is 1. The summed E-state index contributed by atoms with van der Waals surface area (Å²) in [5.41, 5.74) is 1.15. The Labute approximate surface area is 312 Å². The molecule has 0 bridgehead atoms. The van der Waals surface area contributed by atoms with E-state index in [9.17, 15) is 14.4 Å². The highest BCUT2D eigenvalue weighted by atomic mass is 16.6. The Bertz CT molecular complexity index is 969. The van der Waals surface area contributed by atoms with Crippen LogP contribution in [0.3, 0.4) is 0 Å². The first-order chi connectivity index (χ1) is 26.1. The predicted molar refractivity (Wildman–Crippen MR) is 188 cm³/mol. The van der Waals surface area contributed by atoms with E-state index in [2.05, 4.69) is 0 Å². The maximum Gasteiger partial charge on any atom is 0.372 e. The molecule has 0 aromatic heterocycles. The van der Waals surface area contributed by atoms with Gasteiger partial charge in [0.15, 0.2) is 0 Å². The van der Waals surface area contributed by atoms with Crippen molar-refractivity contribution in [2.45, 2.75) is 19.4 Å². The van der Waals surface area contributed by atoms with Gasteiger partial charge >= 0.3 is 11.9 Å². The zero-order chi connectivity index (χ0) is 38.1. The zero-order valence-corrected chi connectivity index (χ0v) is 31.0. The maximum absolute atomic E-state index is 11.4. The number of carboxylic acid groups (broad SMARTS) is 1. The van der Waals surface area contributed by atoms with E-state index in [1.807, 2.05) is 30.3 Å². The summed E-state index contributed by atoms with van der Waals surface area (Å²) in [7, 11) is 0. The van der Waals surface area contributed by atoms with Crippen LogP contribution in [0.2, 0.25) is 0 Å². The van der Waals surface area contributed by atoms with Crippen molar-refractivity contribution in [1.29, 1.82) is 0 Å². The van der Waals surface area contributed by atoms with E-state index in [0.717, 1.165) is 5.56 Å². The van der Waals surface area contributed by atoms with Crippen molar-refractivity contribution >= 4 is 17.7 Å². The van der Waals surface area contributed by atoms with Crippen LogP contribution in [0.15, 0.2) is 30.3 Å². The number of rotatable bonds is 42. The largest absolute Gasteiger partial charge is 0.476 e. The first-order valence-electron chi connectivity index (χ1n) is 18.0. The highest BCUT2D eigenvalue weighted by molar-refractivity contribution is 6.32. The lowest BCUT2D eigenvalue weighted by molar-refractivity contribution is -0.151. The summed E-state index contributed by atoms with van der Waals surface area (Å²) in [4.78, 5) is 32.7. The third-order valence-corrected chi connectivity index (χ3v) is 6.49. The van der Waals surface area contributed by atoms with Gasteiger partial charge in [0.2, 0.25) is 5.78 Å². The molecule has 1 rings (SSSR count). The molecule has 0 fully saturated rings. The van der Waals surface area contributed by atoms with E-state index >= 15 is 0 Å². The number of hydrogen-bond acceptors (Lipinski definition) is 16. The average molecular weight is 765 g/mol. The summed E-state index contributed by atoms with van der Waals surface area (Å²) in [6, 6.07) is 10.0. The predicted octanol–water partition coefficient (Wildman–Crippen LogP) is 1.36. The molecule has 0 aliphatic heterocycles. The molecule has 0 spiro atoms. The minimum absolute atomic E-state index is 0.0117. The maximum atomic E-state index is 11.4. The van der Waals surface area contributed by atoms with Crippen molar-refractivity contribution in [3.8, 4) is 0 Å². The van der Waals surface area contributed by atoms with Gasteiger partial charge in [0.05, 0.1) is 165 Å². The van der Waals surface area contributed by atoms with Gasteiger partial charge in [-0.1, -0.05) is 30.3 Å². The van der Waals surface area contributed by atoms with Crippen molar-refractivity contribution in [3.63, 3.8) is 0 Å². The molecule has 0 amide bonds. The molecule has 1 N–H and O–H groups in total. The van der Waals surface area contributed by atoms with E-state index in [-0.39, 0.29) is 26.1 Å². The van der Waals surface area contributed by atoms with E-state index in [0.29, 0.717) is 152 Å². The van der Waals surface area contributed by atoms with Crippen LogP contribution in [0.4, 0.5) is 0 Å². The van der Waals surface area contributed by atoms with E-state index in [1.54, 1.807) is 0 Å². The molecule has 0 saturated heterocycles. The first kappa shape index (κ1) is 48.4. The van der Waals surface area contributed by atoms with Crippen LogP contribution < -0.4 is 0 Å². The van der Waals surface area contributed by atoms with Gasteiger partial charge < -0.3 is 66.7 Å². The molecule has 0 unspecified atom stereocenters. The molecule has 53 heavy (non-hydrogen) atoms. The molecule has 1 aromatic carbocycles. The van der Waals surface area contributed by atoms with Crippen molar-refractivity contribution in [2.75, 3.05) is 159 Å². The lowest BCUT2D eigenvalue weighted by Gasteiger charge is -2.09. The average Bonchev–Trinajstić information content (AvgIpc) is 3.16. The molecule has 0 aliphatic carbocycles. The van der Waals surface area contributed by atoms with Crippen LogP contribution in [0.25, 0.3) is 0 Å². The van der Waals surface area contributed by atoms with Crippen LogP contribution in [0, 0.1) is 0 Å². The highest BCUT2D eigenvalue weighted by Gasteiger charge is 2.14. The Morgan fingerprint density at radius 3 is 0.962 bits per heavy atom. The van der Waals surface area contributed by atoms with E-state index < -0.39 is 17.7 Å². The number of aliphatic carboxylic acids is 1. The fraction of sp³-hybridized carbons (Fsp3) is 0.750. The number of carboxylic acids is 1. The summed E-state index contributed by atoms with van der Waals surface area (Å²) in [5, 5.41) is 8.45. The smallest absolute Gasteiger partial charge is 0.372 e. The van der Waals surface area contributed by atoms with Crippen LogP contribution >= 0.6 is 0 Å². The Morgan fingerprint density at radius 2 is 0.660 bits per heavy atom. The first-order valence-corrected chi connectivity index (χ1v) is 18.0. The normalized spacial score (nSPS) is 11.2. The molecular weight excluding hydrogens is 704 g/mol. The number of esters is 1. The SMILES string of the molecule is O=C(CCC(=O)C(=O)O)OCCOCCOCCOCCOCCOCCOCCOCCOCCOCCOCCOCCOCc1ccccc1. The third-order valence-electron chi connectivity index (χ3n) is 6.49. The van der Waals surface area contributed by atoms with Gasteiger partial charge in [0.1, 0.15) is 6.61 Å². The van der Waals surface area contributed by atoms with Crippen molar-refractivity contribution in [2.24, 2.45) is 0 Å². The van der Waals surface area contributed by atoms with Gasteiger partial charge in [0.25, 0.3) is 0 Å². The number of ether oxygens (including phenoxy) is 13. The van der Waals surface area contributed by atoms with Crippen LogP contribution in [-0.2, 0) is 82.6 Å². The van der Waals surface area contributed by atoms with Crippen LogP contribution in [0.1, 0.15) is 18.4 Å². The minimum Gasteiger partial charge on any atom is -0.476 e. The quantitative estimate of drug-likeness (QED) is 0.0570. The van der Waals surface area contributed by atoms with E-state index in [4.69, 9.17) is 66.7 Å². The fourth-order valence-electron chi connectivity index (χ4n) is 3.79. The standard InChI is InChI=1S/C36H60O17/c37-34(36(39)40)6-7-35(38)53-31-30-51-27-26-49-23-22-47-19-18-45-15-14-43-11-10-41-8-9-42-12-13-44-16-17-46-20-21-48-24-25-50-28-29-52-32-33-4-2-1-3-5-33/h1-5H,6-32H2,(H,39,40). The molecule has 0 atom stereocenters. The summed E-state index contributed by atoms with van der Waals surface area (Å²) in [6.07, 6.45) is -0.663. The monoisotopic (exact) mass is 764 g/mol. The Hall–Kier alpha value is -2.65. The molecule has 0 aliphatic rings. The Kier molecular flexibility index (Phi) is 35.6. The van der Waals surface area contributed by atoms with Crippen LogP contribution in [-0.4, -0.2) is 181 Å². The molecule has 1 aromatic rings. The number of benzene rings is 1. The molecule has 17 heteroatoms. The number of hydrogen-bond donors (Lipinski definition) is 1. The topological polar surface area (TPSA) is 191 Å². The van der Waals surface area contributed by atoms with Crippen LogP contribution in [0.5, 0.6) is 0 Å². The minimum atomic E-state index is -1.56. The van der Waals surface area contributed by atoms with Gasteiger partial charge in [-0.2, -0.15) is 0 Å². The van der Waals surface area contributed by atoms with Gasteiger partial charge in [-0.25, -0.2) is 4.79 Å². The molecule has 306 valence electrons. The Morgan fingerprint density at radius 1 is 0.377 bits per heavy atom. The summed E-state index contributed by atoms with van der Waals surface area (Å²) < 4.78 is 70.2. The van der Waals surface area contributed by atoms with Gasteiger partial charge in [-0.3, -0.25) is 9.59 Å². The molecular formula is C36H60O17. The Balaban J connectivity index is 1.63. The second kappa shape index (κ2) is 39.1.